The molecule has 0 radical (unpaired) electrons. The average molecular weight is 458 g/mol. The van der Waals surface area contributed by atoms with E-state index in [2.05, 4.69) is 62.0 Å². The van der Waals surface area contributed by atoms with Crippen LogP contribution < -0.4 is 10.2 Å². The number of amides is 1. The Labute approximate surface area is 197 Å². The van der Waals surface area contributed by atoms with Crippen LogP contribution in [0.4, 0.5) is 11.4 Å². The molecule has 2 aliphatic rings. The van der Waals surface area contributed by atoms with E-state index in [1.54, 1.807) is 11.3 Å². The molecule has 2 aromatic carbocycles. The largest absolute Gasteiger partial charge is 0.374 e. The summed E-state index contributed by atoms with van der Waals surface area (Å²) in [5.74, 6) is 0.0280. The van der Waals surface area contributed by atoms with E-state index in [1.807, 2.05) is 23.6 Å². The minimum atomic E-state index is -0.244. The SMILES string of the molecule is CN1CCc2cc(-c3n[nH]c4ccc(NC(=O)C(c5ccsc5)N5CCCC5)cc34)ccc21. The van der Waals surface area contributed by atoms with Crippen LogP contribution in [0.3, 0.4) is 0 Å². The van der Waals surface area contributed by atoms with E-state index >= 15 is 0 Å². The van der Waals surface area contributed by atoms with Gasteiger partial charge < -0.3 is 10.2 Å². The zero-order chi connectivity index (χ0) is 22.4. The van der Waals surface area contributed by atoms with Crippen LogP contribution in [-0.4, -0.2) is 47.7 Å². The minimum Gasteiger partial charge on any atom is -0.374 e. The van der Waals surface area contributed by atoms with E-state index in [-0.39, 0.29) is 11.9 Å². The fourth-order valence-electron chi connectivity index (χ4n) is 5.19. The van der Waals surface area contributed by atoms with Crippen LogP contribution in [0.2, 0.25) is 0 Å². The number of benzene rings is 2. The summed E-state index contributed by atoms with van der Waals surface area (Å²) in [4.78, 5) is 18.0. The maximum absolute atomic E-state index is 13.4. The average Bonchev–Trinajstić information content (AvgIpc) is 3.62. The summed E-state index contributed by atoms with van der Waals surface area (Å²) in [7, 11) is 2.13. The van der Waals surface area contributed by atoms with Gasteiger partial charge >= 0.3 is 0 Å². The van der Waals surface area contributed by atoms with Crippen LogP contribution >= 0.6 is 11.3 Å². The lowest BCUT2D eigenvalue weighted by Gasteiger charge is -2.26. The third-order valence-corrected chi connectivity index (χ3v) is 7.63. The van der Waals surface area contributed by atoms with Gasteiger partial charge in [-0.15, -0.1) is 0 Å². The van der Waals surface area contributed by atoms with Crippen molar-refractivity contribution in [3.8, 4) is 11.3 Å². The zero-order valence-electron chi connectivity index (χ0n) is 18.7. The number of likely N-dealkylation sites (tertiary alicyclic amines) is 1. The molecule has 2 aromatic heterocycles. The van der Waals surface area contributed by atoms with Gasteiger partial charge in [-0.3, -0.25) is 14.8 Å². The second-order valence-corrected chi connectivity index (χ2v) is 9.82. The number of anilines is 2. The van der Waals surface area contributed by atoms with Crippen molar-refractivity contribution in [1.82, 2.24) is 15.1 Å². The molecule has 1 atom stereocenters. The number of aromatic nitrogens is 2. The quantitative estimate of drug-likeness (QED) is 0.440. The van der Waals surface area contributed by atoms with Gasteiger partial charge in [-0.2, -0.15) is 16.4 Å². The lowest BCUT2D eigenvalue weighted by molar-refractivity contribution is -0.121. The molecule has 4 heterocycles. The number of aromatic amines is 1. The Morgan fingerprint density at radius 3 is 2.82 bits per heavy atom. The minimum absolute atomic E-state index is 0.0280. The standard InChI is InChI=1S/C26H27N5OS/c1-30-12-8-17-14-18(4-7-23(17)30)24-21-15-20(5-6-22(21)28-29-24)27-26(32)25(19-9-13-33-16-19)31-10-2-3-11-31/h4-7,9,13-16,25H,2-3,8,10-12H2,1H3,(H,27,32)(H,28,29). The molecule has 33 heavy (non-hydrogen) atoms. The van der Waals surface area contributed by atoms with Crippen molar-refractivity contribution >= 4 is 39.5 Å². The van der Waals surface area contributed by atoms with E-state index in [0.717, 1.165) is 72.3 Å². The number of H-pyrrole nitrogens is 1. The van der Waals surface area contributed by atoms with Gasteiger partial charge in [-0.05, 0) is 90.6 Å². The Bertz CT molecular complexity index is 1310. The van der Waals surface area contributed by atoms with Crippen LogP contribution in [-0.2, 0) is 11.2 Å². The second-order valence-electron chi connectivity index (χ2n) is 9.04. The Balaban J connectivity index is 1.31. The number of thiophene rings is 1. The van der Waals surface area contributed by atoms with Crippen LogP contribution in [0.5, 0.6) is 0 Å². The maximum atomic E-state index is 13.4. The molecule has 7 heteroatoms. The van der Waals surface area contributed by atoms with Crippen molar-refractivity contribution in [2.24, 2.45) is 0 Å². The van der Waals surface area contributed by atoms with E-state index in [4.69, 9.17) is 0 Å². The number of hydrogen-bond donors (Lipinski definition) is 2. The number of nitrogens with one attached hydrogen (secondary N) is 2. The van der Waals surface area contributed by atoms with Crippen molar-refractivity contribution in [2.45, 2.75) is 25.3 Å². The first-order valence-electron chi connectivity index (χ1n) is 11.6. The highest BCUT2D eigenvalue weighted by atomic mass is 32.1. The molecule has 0 bridgehead atoms. The smallest absolute Gasteiger partial charge is 0.246 e. The number of rotatable bonds is 5. The fourth-order valence-corrected chi connectivity index (χ4v) is 5.87. The monoisotopic (exact) mass is 457 g/mol. The van der Waals surface area contributed by atoms with Crippen molar-refractivity contribution in [2.75, 3.05) is 36.9 Å². The molecule has 0 saturated carbocycles. The van der Waals surface area contributed by atoms with Gasteiger partial charge in [-0.25, -0.2) is 0 Å². The van der Waals surface area contributed by atoms with Crippen LogP contribution in [0, 0.1) is 0 Å². The van der Waals surface area contributed by atoms with Gasteiger partial charge in [0.1, 0.15) is 6.04 Å². The van der Waals surface area contributed by atoms with Crippen molar-refractivity contribution < 1.29 is 4.79 Å². The summed E-state index contributed by atoms with van der Waals surface area (Å²) in [6.07, 6.45) is 3.35. The normalized spacial score (nSPS) is 16.9. The molecule has 168 valence electrons. The van der Waals surface area contributed by atoms with Crippen molar-refractivity contribution in [3.63, 3.8) is 0 Å². The molecule has 2 aliphatic heterocycles. The molecule has 6 nitrogen and oxygen atoms in total. The van der Waals surface area contributed by atoms with Crippen LogP contribution in [0.25, 0.3) is 22.2 Å². The summed E-state index contributed by atoms with van der Waals surface area (Å²) in [5.41, 5.74) is 7.53. The number of carbonyl (C=O) groups excluding carboxylic acids is 1. The Hall–Kier alpha value is -3.16. The Morgan fingerprint density at radius 2 is 2.00 bits per heavy atom. The topological polar surface area (TPSA) is 64.3 Å². The number of carbonyl (C=O) groups is 1. The second kappa shape index (κ2) is 8.32. The molecule has 6 rings (SSSR count). The predicted octanol–water partition coefficient (Wildman–Crippen LogP) is 5.06. The molecular formula is C26H27N5OS. The highest BCUT2D eigenvalue weighted by molar-refractivity contribution is 7.08. The molecule has 1 saturated heterocycles. The lowest BCUT2D eigenvalue weighted by Crippen LogP contribution is -2.35. The highest BCUT2D eigenvalue weighted by Gasteiger charge is 2.30. The van der Waals surface area contributed by atoms with Crippen molar-refractivity contribution in [3.05, 3.63) is 64.4 Å². The molecule has 1 fully saturated rings. The number of nitrogens with zero attached hydrogens (tertiary/aromatic N) is 3. The van der Waals surface area contributed by atoms with E-state index < -0.39 is 0 Å². The summed E-state index contributed by atoms with van der Waals surface area (Å²) < 4.78 is 0. The summed E-state index contributed by atoms with van der Waals surface area (Å²) in [6.45, 7) is 2.98. The number of likely N-dealkylation sites (N-methyl/N-ethyl adjacent to an activating group) is 1. The number of fused-ring (bicyclic) bond motifs is 2. The number of hydrogen-bond acceptors (Lipinski definition) is 5. The fraction of sp³-hybridized carbons (Fsp3) is 0.308. The van der Waals surface area contributed by atoms with Gasteiger partial charge in [0.05, 0.1) is 11.2 Å². The van der Waals surface area contributed by atoms with E-state index in [1.165, 1.54) is 11.3 Å². The summed E-state index contributed by atoms with van der Waals surface area (Å²) in [5, 5.41) is 16.1. The molecule has 2 N–H and O–H groups in total. The van der Waals surface area contributed by atoms with Crippen LogP contribution in [0.15, 0.2) is 53.2 Å². The third-order valence-electron chi connectivity index (χ3n) is 6.92. The first-order valence-corrected chi connectivity index (χ1v) is 12.5. The predicted molar refractivity (Wildman–Crippen MR) is 135 cm³/mol. The highest BCUT2D eigenvalue weighted by Crippen LogP contribution is 2.35. The Morgan fingerprint density at radius 1 is 1.12 bits per heavy atom. The van der Waals surface area contributed by atoms with E-state index in [9.17, 15) is 4.79 Å². The molecule has 0 aliphatic carbocycles. The van der Waals surface area contributed by atoms with Gasteiger partial charge in [0, 0.05) is 35.9 Å². The van der Waals surface area contributed by atoms with E-state index in [0.29, 0.717) is 0 Å². The molecule has 1 amide bonds. The van der Waals surface area contributed by atoms with Crippen molar-refractivity contribution in [1.29, 1.82) is 0 Å². The van der Waals surface area contributed by atoms with Gasteiger partial charge in [0.15, 0.2) is 0 Å². The summed E-state index contributed by atoms with van der Waals surface area (Å²) in [6, 6.07) is 14.4. The zero-order valence-corrected chi connectivity index (χ0v) is 19.5. The maximum Gasteiger partial charge on any atom is 0.246 e. The van der Waals surface area contributed by atoms with Gasteiger partial charge in [0.2, 0.25) is 5.91 Å². The molecule has 0 spiro atoms. The van der Waals surface area contributed by atoms with Gasteiger partial charge in [-0.1, -0.05) is 6.07 Å². The first-order chi connectivity index (χ1) is 16.2. The molecule has 1 unspecified atom stereocenters. The van der Waals surface area contributed by atoms with Gasteiger partial charge in [0.25, 0.3) is 0 Å². The first kappa shape index (κ1) is 20.4. The van der Waals surface area contributed by atoms with Crippen LogP contribution in [0.1, 0.15) is 30.0 Å². The third kappa shape index (κ3) is 3.71. The lowest BCUT2D eigenvalue weighted by atomic mass is 10.0. The Kier molecular flexibility index (Phi) is 5.15. The summed E-state index contributed by atoms with van der Waals surface area (Å²) >= 11 is 1.64. The molecular weight excluding hydrogens is 430 g/mol. The molecule has 4 aromatic rings.